The van der Waals surface area contributed by atoms with Crippen molar-refractivity contribution in [2.24, 2.45) is 0 Å². The summed E-state index contributed by atoms with van der Waals surface area (Å²) < 4.78 is 0. The van der Waals surface area contributed by atoms with Gasteiger partial charge in [0.25, 0.3) is 5.91 Å². The average molecular weight is 312 g/mol. The third kappa shape index (κ3) is 2.83. The number of nitrogens with one attached hydrogen (secondary N) is 2. The van der Waals surface area contributed by atoms with Crippen molar-refractivity contribution in [2.45, 2.75) is 19.4 Å². The smallest absolute Gasteiger partial charge is 0.254 e. The van der Waals surface area contributed by atoms with Gasteiger partial charge in [-0.25, -0.2) is 0 Å². The Morgan fingerprint density at radius 1 is 1.09 bits per heavy atom. The standard InChI is InChI=1S/C17H16N2O4/c1-9-3-2-4-11-15(9)19-17(23)12(18-16(11)22)7-10-5-6-13(20)14(21)8-10/h2-6,8,12,20-21H,7H2,1H3,(H,18,22)(H,19,23)/t12-/m0/s1. The summed E-state index contributed by atoms with van der Waals surface area (Å²) in [4.78, 5) is 24.7. The van der Waals surface area contributed by atoms with Crippen LogP contribution in [0, 0.1) is 6.92 Å². The minimum absolute atomic E-state index is 0.207. The summed E-state index contributed by atoms with van der Waals surface area (Å²) in [5.41, 5.74) is 2.39. The third-order valence-electron chi connectivity index (χ3n) is 3.87. The maximum absolute atomic E-state index is 12.4. The number of aryl methyl sites for hydroxylation is 1. The molecule has 1 aliphatic rings. The van der Waals surface area contributed by atoms with Crippen LogP contribution < -0.4 is 10.6 Å². The van der Waals surface area contributed by atoms with E-state index in [2.05, 4.69) is 10.6 Å². The largest absolute Gasteiger partial charge is 0.504 e. The van der Waals surface area contributed by atoms with Crippen molar-refractivity contribution in [2.75, 3.05) is 5.32 Å². The van der Waals surface area contributed by atoms with Crippen molar-refractivity contribution in [1.82, 2.24) is 5.32 Å². The highest BCUT2D eigenvalue weighted by Gasteiger charge is 2.28. The van der Waals surface area contributed by atoms with E-state index in [-0.39, 0.29) is 29.7 Å². The van der Waals surface area contributed by atoms with Gasteiger partial charge in [0, 0.05) is 6.42 Å². The highest BCUT2D eigenvalue weighted by Crippen LogP contribution is 2.27. The van der Waals surface area contributed by atoms with Crippen LogP contribution in [0.1, 0.15) is 21.5 Å². The first-order valence-electron chi connectivity index (χ1n) is 7.18. The van der Waals surface area contributed by atoms with Gasteiger partial charge in [-0.3, -0.25) is 9.59 Å². The Labute approximate surface area is 132 Å². The van der Waals surface area contributed by atoms with Gasteiger partial charge in [0.1, 0.15) is 6.04 Å². The van der Waals surface area contributed by atoms with Gasteiger partial charge < -0.3 is 20.8 Å². The van der Waals surface area contributed by atoms with Crippen LogP contribution in [0.15, 0.2) is 36.4 Å². The Kier molecular flexibility index (Phi) is 3.65. The van der Waals surface area contributed by atoms with Crippen LogP contribution in [0.2, 0.25) is 0 Å². The monoisotopic (exact) mass is 312 g/mol. The molecule has 0 spiro atoms. The number of carbonyl (C=O) groups excluding carboxylic acids is 2. The topological polar surface area (TPSA) is 98.7 Å². The lowest BCUT2D eigenvalue weighted by Crippen LogP contribution is -2.42. The van der Waals surface area contributed by atoms with Crippen molar-refractivity contribution in [3.8, 4) is 11.5 Å². The molecule has 1 aliphatic heterocycles. The molecule has 1 heterocycles. The summed E-state index contributed by atoms with van der Waals surface area (Å²) in [6.07, 6.45) is 0.207. The number of aromatic hydroxyl groups is 2. The second-order valence-electron chi connectivity index (χ2n) is 5.54. The van der Waals surface area contributed by atoms with Crippen LogP contribution in [0.5, 0.6) is 11.5 Å². The van der Waals surface area contributed by atoms with Crippen molar-refractivity contribution in [3.05, 3.63) is 53.1 Å². The molecule has 0 saturated carbocycles. The normalized spacial score (nSPS) is 17.0. The summed E-state index contributed by atoms with van der Waals surface area (Å²) in [6, 6.07) is 8.80. The van der Waals surface area contributed by atoms with Crippen LogP contribution >= 0.6 is 0 Å². The lowest BCUT2D eigenvalue weighted by Gasteiger charge is -2.15. The molecular formula is C17H16N2O4. The minimum Gasteiger partial charge on any atom is -0.504 e. The maximum Gasteiger partial charge on any atom is 0.254 e. The molecule has 0 bridgehead atoms. The molecular weight excluding hydrogens is 296 g/mol. The summed E-state index contributed by atoms with van der Waals surface area (Å²) in [6.45, 7) is 1.82. The van der Waals surface area contributed by atoms with Crippen LogP contribution in [-0.4, -0.2) is 28.1 Å². The van der Waals surface area contributed by atoms with Crippen LogP contribution in [0.25, 0.3) is 0 Å². The van der Waals surface area contributed by atoms with Crippen molar-refractivity contribution >= 4 is 17.5 Å². The number of hydrogen-bond acceptors (Lipinski definition) is 4. The quantitative estimate of drug-likeness (QED) is 0.634. The molecule has 0 fully saturated rings. The van der Waals surface area contributed by atoms with Gasteiger partial charge in [-0.15, -0.1) is 0 Å². The van der Waals surface area contributed by atoms with Crippen LogP contribution in [-0.2, 0) is 11.2 Å². The summed E-state index contributed by atoms with van der Waals surface area (Å²) in [5, 5.41) is 24.4. The molecule has 2 aromatic rings. The number of amides is 2. The molecule has 0 radical (unpaired) electrons. The van der Waals surface area contributed by atoms with Gasteiger partial charge in [-0.05, 0) is 36.2 Å². The molecule has 0 aromatic heterocycles. The van der Waals surface area contributed by atoms with Gasteiger partial charge in [-0.2, -0.15) is 0 Å². The van der Waals surface area contributed by atoms with E-state index in [1.54, 1.807) is 18.2 Å². The van der Waals surface area contributed by atoms with E-state index >= 15 is 0 Å². The van der Waals surface area contributed by atoms with Crippen LogP contribution in [0.3, 0.4) is 0 Å². The maximum atomic E-state index is 12.4. The zero-order chi connectivity index (χ0) is 16.6. The number of benzene rings is 2. The van der Waals surface area contributed by atoms with E-state index in [0.717, 1.165) is 5.56 Å². The molecule has 4 N–H and O–H groups in total. The number of rotatable bonds is 2. The molecule has 0 unspecified atom stereocenters. The number of phenolic OH excluding ortho intramolecular Hbond substituents is 2. The molecule has 6 heteroatoms. The van der Waals surface area contributed by atoms with E-state index in [1.165, 1.54) is 12.1 Å². The summed E-state index contributed by atoms with van der Waals surface area (Å²) in [7, 11) is 0. The molecule has 0 aliphatic carbocycles. The Balaban J connectivity index is 1.88. The fraction of sp³-hybridized carbons (Fsp3) is 0.176. The number of fused-ring (bicyclic) bond motifs is 1. The summed E-state index contributed by atoms with van der Waals surface area (Å²) in [5.74, 6) is -1.14. The molecule has 0 saturated heterocycles. The Morgan fingerprint density at radius 2 is 1.87 bits per heavy atom. The number of hydrogen-bond donors (Lipinski definition) is 4. The molecule has 2 amide bonds. The SMILES string of the molecule is Cc1cccc2c1NC(=O)[C@H](Cc1ccc(O)c(O)c1)NC2=O. The van der Waals surface area contributed by atoms with Crippen molar-refractivity contribution < 1.29 is 19.8 Å². The highest BCUT2D eigenvalue weighted by atomic mass is 16.3. The first kappa shape index (κ1) is 14.9. The van der Waals surface area contributed by atoms with Crippen molar-refractivity contribution in [3.63, 3.8) is 0 Å². The van der Waals surface area contributed by atoms with E-state index in [1.807, 2.05) is 13.0 Å². The average Bonchev–Trinajstić information content (AvgIpc) is 2.62. The molecule has 1 atom stereocenters. The number of carbonyl (C=O) groups is 2. The number of anilines is 1. The van der Waals surface area contributed by atoms with Crippen molar-refractivity contribution in [1.29, 1.82) is 0 Å². The second kappa shape index (κ2) is 5.64. The van der Waals surface area contributed by atoms with E-state index in [0.29, 0.717) is 16.8 Å². The second-order valence-corrected chi connectivity index (χ2v) is 5.54. The first-order valence-corrected chi connectivity index (χ1v) is 7.18. The fourth-order valence-electron chi connectivity index (χ4n) is 2.61. The molecule has 3 rings (SSSR count). The number of para-hydroxylation sites is 1. The highest BCUT2D eigenvalue weighted by molar-refractivity contribution is 6.10. The molecule has 118 valence electrons. The van der Waals surface area contributed by atoms with Gasteiger partial charge >= 0.3 is 0 Å². The Bertz CT molecular complexity index is 801. The van der Waals surface area contributed by atoms with E-state index in [9.17, 15) is 19.8 Å². The molecule has 2 aromatic carbocycles. The predicted octanol–water partition coefficient (Wildman–Crippen LogP) is 1.70. The lowest BCUT2D eigenvalue weighted by molar-refractivity contribution is -0.117. The van der Waals surface area contributed by atoms with Gasteiger partial charge in [0.15, 0.2) is 11.5 Å². The zero-order valence-electron chi connectivity index (χ0n) is 12.5. The van der Waals surface area contributed by atoms with Gasteiger partial charge in [-0.1, -0.05) is 18.2 Å². The predicted molar refractivity (Wildman–Crippen MR) is 84.5 cm³/mol. The van der Waals surface area contributed by atoms with E-state index < -0.39 is 6.04 Å². The van der Waals surface area contributed by atoms with Gasteiger partial charge in [0.2, 0.25) is 5.91 Å². The minimum atomic E-state index is -0.766. The van der Waals surface area contributed by atoms with E-state index in [4.69, 9.17) is 0 Å². The Morgan fingerprint density at radius 3 is 2.61 bits per heavy atom. The lowest BCUT2D eigenvalue weighted by atomic mass is 10.0. The number of phenols is 2. The fourth-order valence-corrected chi connectivity index (χ4v) is 2.61. The first-order chi connectivity index (χ1) is 11.0. The Hall–Kier alpha value is -3.02. The zero-order valence-corrected chi connectivity index (χ0v) is 12.5. The molecule has 6 nitrogen and oxygen atoms in total. The third-order valence-corrected chi connectivity index (χ3v) is 3.87. The molecule has 23 heavy (non-hydrogen) atoms. The summed E-state index contributed by atoms with van der Waals surface area (Å²) >= 11 is 0. The van der Waals surface area contributed by atoms with Gasteiger partial charge in [0.05, 0.1) is 11.3 Å². The van der Waals surface area contributed by atoms with Crippen LogP contribution in [0.4, 0.5) is 5.69 Å².